The average Bonchev–Trinajstić information content (AvgIpc) is 3.18. The zero-order chi connectivity index (χ0) is 21.3. The number of nitrogens with one attached hydrogen (secondary N) is 2. The first-order valence-corrected chi connectivity index (χ1v) is 9.71. The van der Waals surface area contributed by atoms with Crippen molar-refractivity contribution in [2.75, 3.05) is 37.3 Å². The molecule has 0 bridgehead atoms. The molecule has 0 spiro atoms. The lowest BCUT2D eigenvalue weighted by molar-refractivity contribution is -0.118. The van der Waals surface area contributed by atoms with Gasteiger partial charge in [-0.25, -0.2) is 4.98 Å². The van der Waals surface area contributed by atoms with Crippen LogP contribution < -0.4 is 30.7 Å². The molecule has 0 unspecified atom stereocenters. The summed E-state index contributed by atoms with van der Waals surface area (Å²) in [6.07, 6.45) is 1.61. The number of hydrogen-bond acceptors (Lipinski definition) is 9. The molecule has 3 rings (SSSR count). The molecule has 1 amide bonds. The number of carbonyl (C=O) groups is 1. The van der Waals surface area contributed by atoms with E-state index in [4.69, 9.17) is 19.9 Å². The van der Waals surface area contributed by atoms with Gasteiger partial charge in [-0.2, -0.15) is 5.10 Å². The molecule has 0 saturated heterocycles. The molecule has 0 aliphatic heterocycles. The van der Waals surface area contributed by atoms with Gasteiger partial charge in [-0.1, -0.05) is 12.1 Å². The summed E-state index contributed by atoms with van der Waals surface area (Å²) in [5.74, 6) is 1.60. The predicted octanol–water partition coefficient (Wildman–Crippen LogP) is 3.21. The molecule has 1 heterocycles. The Morgan fingerprint density at radius 3 is 2.70 bits per heavy atom. The lowest BCUT2D eigenvalue weighted by atomic mass is 10.2. The minimum absolute atomic E-state index is 0.186. The maximum atomic E-state index is 12.2. The summed E-state index contributed by atoms with van der Waals surface area (Å²) < 4.78 is 16.2. The number of methoxy groups -OCH3 is 2. The third kappa shape index (κ3) is 5.61. The van der Waals surface area contributed by atoms with Crippen molar-refractivity contribution in [3.63, 3.8) is 0 Å². The van der Waals surface area contributed by atoms with Gasteiger partial charge in [-0.3, -0.25) is 10.2 Å². The van der Waals surface area contributed by atoms with Crippen LogP contribution in [0.1, 0.15) is 5.56 Å². The number of carbonyl (C=O) groups excluding carboxylic acids is 1. The van der Waals surface area contributed by atoms with Crippen LogP contribution in [0.3, 0.4) is 0 Å². The van der Waals surface area contributed by atoms with Crippen LogP contribution in [0.5, 0.6) is 17.2 Å². The van der Waals surface area contributed by atoms with Crippen molar-refractivity contribution < 1.29 is 19.0 Å². The monoisotopic (exact) mass is 427 g/mol. The second-order valence-corrected chi connectivity index (χ2v) is 6.75. The number of nitrogens with zero attached hydrogens (tertiary/aromatic N) is 2. The van der Waals surface area contributed by atoms with E-state index in [0.717, 1.165) is 5.56 Å². The number of amides is 1. The molecular weight excluding hydrogens is 406 g/mol. The SMILES string of the molecule is COc1ccccc1NC(=O)COc1ccc(C=NNc2nc(N)cs2)cc1OC. The molecule has 0 fully saturated rings. The summed E-state index contributed by atoms with van der Waals surface area (Å²) in [5, 5.41) is 9.18. The molecular formula is C20H21N5O4S. The normalized spacial score (nSPS) is 10.6. The van der Waals surface area contributed by atoms with Crippen LogP contribution in [0, 0.1) is 0 Å². The Morgan fingerprint density at radius 2 is 1.97 bits per heavy atom. The number of ether oxygens (including phenoxy) is 3. The number of nitrogens with two attached hydrogens (primary N) is 1. The zero-order valence-corrected chi connectivity index (χ0v) is 17.2. The van der Waals surface area contributed by atoms with Crippen LogP contribution in [0.15, 0.2) is 52.9 Å². The molecule has 10 heteroatoms. The number of rotatable bonds is 9. The molecule has 156 valence electrons. The van der Waals surface area contributed by atoms with E-state index in [1.54, 1.807) is 55.1 Å². The Bertz CT molecular complexity index is 1040. The van der Waals surface area contributed by atoms with E-state index in [9.17, 15) is 4.79 Å². The second kappa shape index (κ2) is 10.1. The Balaban J connectivity index is 1.58. The van der Waals surface area contributed by atoms with E-state index in [1.165, 1.54) is 18.4 Å². The van der Waals surface area contributed by atoms with Gasteiger partial charge in [-0.05, 0) is 35.9 Å². The highest BCUT2D eigenvalue weighted by Crippen LogP contribution is 2.28. The fraction of sp³-hybridized carbons (Fsp3) is 0.150. The summed E-state index contributed by atoms with van der Waals surface area (Å²) in [6, 6.07) is 12.4. The van der Waals surface area contributed by atoms with Crippen LogP contribution >= 0.6 is 11.3 Å². The third-order valence-electron chi connectivity index (χ3n) is 3.82. The van der Waals surface area contributed by atoms with Crippen LogP contribution in [-0.4, -0.2) is 37.9 Å². The zero-order valence-electron chi connectivity index (χ0n) is 16.4. The molecule has 3 aromatic rings. The van der Waals surface area contributed by atoms with Crippen LogP contribution in [-0.2, 0) is 4.79 Å². The van der Waals surface area contributed by atoms with Crippen LogP contribution in [0.25, 0.3) is 0 Å². The maximum absolute atomic E-state index is 12.2. The summed E-state index contributed by atoms with van der Waals surface area (Å²) in [7, 11) is 3.06. The highest BCUT2D eigenvalue weighted by Gasteiger charge is 2.10. The molecule has 0 atom stereocenters. The van der Waals surface area contributed by atoms with Crippen molar-refractivity contribution >= 4 is 40.1 Å². The van der Waals surface area contributed by atoms with Gasteiger partial charge in [-0.15, -0.1) is 11.3 Å². The Morgan fingerprint density at radius 1 is 1.17 bits per heavy atom. The third-order valence-corrected chi connectivity index (χ3v) is 4.59. The van der Waals surface area contributed by atoms with Gasteiger partial charge in [0.1, 0.15) is 11.6 Å². The number of aromatic nitrogens is 1. The quantitative estimate of drug-likeness (QED) is 0.354. The minimum atomic E-state index is -0.320. The Hall–Kier alpha value is -3.79. The smallest absolute Gasteiger partial charge is 0.262 e. The molecule has 2 aromatic carbocycles. The lowest BCUT2D eigenvalue weighted by Crippen LogP contribution is -2.20. The number of nitrogen functional groups attached to an aromatic ring is 1. The summed E-state index contributed by atoms with van der Waals surface area (Å²) >= 11 is 1.36. The van der Waals surface area contributed by atoms with Gasteiger partial charge in [0.25, 0.3) is 5.91 Å². The molecule has 30 heavy (non-hydrogen) atoms. The van der Waals surface area contributed by atoms with E-state index < -0.39 is 0 Å². The predicted molar refractivity (Wildman–Crippen MR) is 118 cm³/mol. The first-order valence-electron chi connectivity index (χ1n) is 8.83. The number of hydrogen-bond donors (Lipinski definition) is 3. The van der Waals surface area contributed by atoms with Gasteiger partial charge in [0, 0.05) is 5.38 Å². The average molecular weight is 427 g/mol. The maximum Gasteiger partial charge on any atom is 0.262 e. The largest absolute Gasteiger partial charge is 0.495 e. The van der Waals surface area contributed by atoms with E-state index in [1.807, 2.05) is 6.07 Å². The van der Waals surface area contributed by atoms with E-state index >= 15 is 0 Å². The van der Waals surface area contributed by atoms with Gasteiger partial charge in [0.15, 0.2) is 18.1 Å². The number of hydrazone groups is 1. The van der Waals surface area contributed by atoms with Crippen LogP contribution in [0.4, 0.5) is 16.6 Å². The number of anilines is 3. The summed E-state index contributed by atoms with van der Waals surface area (Å²) in [5.41, 5.74) is 9.71. The fourth-order valence-electron chi connectivity index (χ4n) is 2.46. The number of para-hydroxylation sites is 2. The second-order valence-electron chi connectivity index (χ2n) is 5.89. The minimum Gasteiger partial charge on any atom is -0.495 e. The van der Waals surface area contributed by atoms with Crippen molar-refractivity contribution in [1.29, 1.82) is 0 Å². The number of thiazole rings is 1. The van der Waals surface area contributed by atoms with Crippen molar-refractivity contribution in [1.82, 2.24) is 4.98 Å². The first kappa shape index (κ1) is 20.9. The van der Waals surface area contributed by atoms with Gasteiger partial charge in [0.2, 0.25) is 5.13 Å². The van der Waals surface area contributed by atoms with Gasteiger partial charge >= 0.3 is 0 Å². The highest BCUT2D eigenvalue weighted by molar-refractivity contribution is 7.14. The lowest BCUT2D eigenvalue weighted by Gasteiger charge is -2.12. The van der Waals surface area contributed by atoms with Gasteiger partial charge < -0.3 is 25.3 Å². The molecule has 0 saturated carbocycles. The standard InChI is InChI=1S/C20H21N5O4S/c1-27-15-6-4-3-5-14(15)23-19(26)11-29-16-8-7-13(9-17(16)28-2)10-22-25-20-24-18(21)12-30-20/h3-10,12H,11,21H2,1-2H3,(H,23,26)(H,24,25). The highest BCUT2D eigenvalue weighted by atomic mass is 32.1. The molecule has 1 aromatic heterocycles. The van der Waals surface area contributed by atoms with E-state index in [0.29, 0.717) is 33.9 Å². The topological polar surface area (TPSA) is 120 Å². The van der Waals surface area contributed by atoms with E-state index in [-0.39, 0.29) is 12.5 Å². The molecule has 4 N–H and O–H groups in total. The van der Waals surface area contributed by atoms with Crippen molar-refractivity contribution in [3.8, 4) is 17.2 Å². The molecule has 0 radical (unpaired) electrons. The fourth-order valence-corrected chi connectivity index (χ4v) is 3.01. The van der Waals surface area contributed by atoms with Crippen molar-refractivity contribution in [2.45, 2.75) is 0 Å². The molecule has 0 aliphatic rings. The Labute approximate surface area is 177 Å². The van der Waals surface area contributed by atoms with Gasteiger partial charge in [0.05, 0.1) is 26.1 Å². The van der Waals surface area contributed by atoms with Crippen molar-refractivity contribution in [2.24, 2.45) is 5.10 Å². The summed E-state index contributed by atoms with van der Waals surface area (Å²) in [4.78, 5) is 16.3. The first-order chi connectivity index (χ1) is 14.6. The van der Waals surface area contributed by atoms with Crippen molar-refractivity contribution in [3.05, 3.63) is 53.4 Å². The van der Waals surface area contributed by atoms with E-state index in [2.05, 4.69) is 20.8 Å². The number of benzene rings is 2. The Kier molecular flexibility index (Phi) is 7.06. The molecule has 0 aliphatic carbocycles. The van der Waals surface area contributed by atoms with Crippen LogP contribution in [0.2, 0.25) is 0 Å². The molecule has 9 nitrogen and oxygen atoms in total. The summed E-state index contributed by atoms with van der Waals surface area (Å²) in [6.45, 7) is -0.186.